The third-order valence-corrected chi connectivity index (χ3v) is 3.73. The van der Waals surface area contributed by atoms with Crippen LogP contribution in [0.3, 0.4) is 0 Å². The third-order valence-electron chi connectivity index (χ3n) is 3.45. The van der Waals surface area contributed by atoms with Crippen molar-refractivity contribution >= 4 is 34.0 Å². The molecule has 1 aromatic heterocycles. The summed E-state index contributed by atoms with van der Waals surface area (Å²) in [6.07, 6.45) is -0.0201. The van der Waals surface area contributed by atoms with Crippen LogP contribution in [0.4, 0.5) is 5.69 Å². The Kier molecular flexibility index (Phi) is 4.76. The molecular weight excluding hydrogens is 340 g/mol. The molecular formula is C19H16ClN2O3. The second-order valence-corrected chi connectivity index (χ2v) is 6.06. The predicted molar refractivity (Wildman–Crippen MR) is 97.4 cm³/mol. The maximum atomic E-state index is 12.5. The number of aromatic hydroxyl groups is 1. The van der Waals surface area contributed by atoms with E-state index in [0.29, 0.717) is 22.2 Å². The highest BCUT2D eigenvalue weighted by Gasteiger charge is 2.19. The highest BCUT2D eigenvalue weighted by Crippen LogP contribution is 2.35. The van der Waals surface area contributed by atoms with Crippen LogP contribution in [0.5, 0.6) is 11.5 Å². The summed E-state index contributed by atoms with van der Waals surface area (Å²) < 4.78 is 5.63. The number of ether oxygens (including phenoxy) is 1. The number of pyridine rings is 1. The van der Waals surface area contributed by atoms with Gasteiger partial charge in [0.25, 0.3) is 5.91 Å². The number of nitrogens with zero attached hydrogens (tertiary/aromatic N) is 1. The molecule has 5 nitrogen and oxygen atoms in total. The van der Waals surface area contributed by atoms with Gasteiger partial charge in [-0.15, -0.1) is 0 Å². The molecule has 0 bridgehead atoms. The molecule has 0 aliphatic rings. The Balaban J connectivity index is 2.03. The molecule has 1 radical (unpaired) electrons. The molecule has 1 amide bonds. The van der Waals surface area contributed by atoms with Gasteiger partial charge in [0, 0.05) is 22.5 Å². The number of amides is 1. The van der Waals surface area contributed by atoms with Crippen molar-refractivity contribution in [1.29, 1.82) is 0 Å². The minimum atomic E-state index is -0.570. The number of hydrogen-bond acceptors (Lipinski definition) is 4. The van der Waals surface area contributed by atoms with Crippen LogP contribution < -0.4 is 10.1 Å². The average Bonchev–Trinajstić information content (AvgIpc) is 2.58. The largest absolute Gasteiger partial charge is 0.505 e. The Labute approximate surface area is 150 Å². The average molecular weight is 356 g/mol. The molecule has 3 rings (SSSR count). The first-order valence-electron chi connectivity index (χ1n) is 7.72. The SMILES string of the molecule is CC(C)Oc1ccc2c(Cl)nc(C(=O)Nc3[c]cccc3)c(O)c2c1. The maximum absolute atomic E-state index is 12.5. The van der Waals surface area contributed by atoms with E-state index in [9.17, 15) is 9.90 Å². The van der Waals surface area contributed by atoms with Crippen LogP contribution >= 0.6 is 11.6 Å². The van der Waals surface area contributed by atoms with Gasteiger partial charge in [0.05, 0.1) is 6.10 Å². The fraction of sp³-hybridized carbons (Fsp3) is 0.158. The molecule has 0 saturated carbocycles. The number of para-hydroxylation sites is 1. The summed E-state index contributed by atoms with van der Waals surface area (Å²) in [5.74, 6) is -0.246. The van der Waals surface area contributed by atoms with Gasteiger partial charge in [-0.2, -0.15) is 0 Å². The molecule has 6 heteroatoms. The van der Waals surface area contributed by atoms with Crippen LogP contribution in [0.15, 0.2) is 42.5 Å². The van der Waals surface area contributed by atoms with E-state index in [1.165, 1.54) is 0 Å². The fourth-order valence-corrected chi connectivity index (χ4v) is 2.64. The molecule has 0 aliphatic carbocycles. The molecule has 25 heavy (non-hydrogen) atoms. The third kappa shape index (κ3) is 3.67. The lowest BCUT2D eigenvalue weighted by Gasteiger charge is -2.13. The van der Waals surface area contributed by atoms with E-state index in [1.54, 1.807) is 42.5 Å². The summed E-state index contributed by atoms with van der Waals surface area (Å²) in [4.78, 5) is 16.5. The van der Waals surface area contributed by atoms with Crippen LogP contribution in [-0.2, 0) is 0 Å². The number of aromatic nitrogens is 1. The number of halogens is 1. The highest BCUT2D eigenvalue weighted by atomic mass is 35.5. The van der Waals surface area contributed by atoms with E-state index in [-0.39, 0.29) is 22.7 Å². The van der Waals surface area contributed by atoms with E-state index < -0.39 is 5.91 Å². The minimum Gasteiger partial charge on any atom is -0.505 e. The Hall–Kier alpha value is -2.79. The summed E-state index contributed by atoms with van der Waals surface area (Å²) >= 11 is 6.19. The van der Waals surface area contributed by atoms with Crippen molar-refractivity contribution in [2.45, 2.75) is 20.0 Å². The highest BCUT2D eigenvalue weighted by molar-refractivity contribution is 6.35. The lowest BCUT2D eigenvalue weighted by atomic mass is 10.1. The topological polar surface area (TPSA) is 71.5 Å². The number of nitrogens with one attached hydrogen (secondary N) is 1. The zero-order valence-electron chi connectivity index (χ0n) is 13.7. The summed E-state index contributed by atoms with van der Waals surface area (Å²) in [7, 11) is 0. The number of carbonyl (C=O) groups excluding carboxylic acids is 1. The Morgan fingerprint density at radius 1 is 1.28 bits per heavy atom. The van der Waals surface area contributed by atoms with Crippen LogP contribution in [0.1, 0.15) is 24.3 Å². The molecule has 0 unspecified atom stereocenters. The van der Waals surface area contributed by atoms with Crippen molar-refractivity contribution in [3.05, 3.63) is 59.4 Å². The van der Waals surface area contributed by atoms with E-state index in [1.807, 2.05) is 13.8 Å². The number of rotatable bonds is 4. The van der Waals surface area contributed by atoms with Gasteiger partial charge in [0.2, 0.25) is 0 Å². The van der Waals surface area contributed by atoms with Crippen molar-refractivity contribution in [1.82, 2.24) is 4.98 Å². The molecule has 2 N–H and O–H groups in total. The zero-order valence-corrected chi connectivity index (χ0v) is 14.5. The van der Waals surface area contributed by atoms with E-state index in [4.69, 9.17) is 16.3 Å². The van der Waals surface area contributed by atoms with Crippen LogP contribution in [0.2, 0.25) is 5.15 Å². The predicted octanol–water partition coefficient (Wildman–Crippen LogP) is 4.43. The second kappa shape index (κ2) is 6.99. The Bertz CT molecular complexity index is 927. The fourth-order valence-electron chi connectivity index (χ4n) is 2.39. The van der Waals surface area contributed by atoms with Crippen molar-refractivity contribution in [2.24, 2.45) is 0 Å². The van der Waals surface area contributed by atoms with E-state index in [0.717, 1.165) is 0 Å². The second-order valence-electron chi connectivity index (χ2n) is 5.70. The van der Waals surface area contributed by atoms with Gasteiger partial charge in [0.15, 0.2) is 11.4 Å². The standard InChI is InChI=1S/C19H16ClN2O3/c1-11(2)25-13-8-9-14-15(10-13)17(23)16(22-18(14)20)19(24)21-12-6-4-3-5-7-12/h3-6,8-11,23H,1-2H3,(H,21,24). The van der Waals surface area contributed by atoms with Gasteiger partial charge < -0.3 is 15.2 Å². The quantitative estimate of drug-likeness (QED) is 0.679. The van der Waals surface area contributed by atoms with E-state index >= 15 is 0 Å². The summed E-state index contributed by atoms with van der Waals surface area (Å²) in [6.45, 7) is 3.80. The van der Waals surface area contributed by atoms with Gasteiger partial charge in [-0.25, -0.2) is 4.98 Å². The number of hydrogen-bond donors (Lipinski definition) is 2. The number of carbonyl (C=O) groups is 1. The summed E-state index contributed by atoms with van der Waals surface area (Å²) in [5.41, 5.74) is 0.318. The van der Waals surface area contributed by atoms with Crippen molar-refractivity contribution < 1.29 is 14.6 Å². The molecule has 0 saturated heterocycles. The van der Waals surface area contributed by atoms with E-state index in [2.05, 4.69) is 16.4 Å². The monoisotopic (exact) mass is 355 g/mol. The first-order chi connectivity index (χ1) is 12.0. The summed E-state index contributed by atoms with van der Waals surface area (Å²) in [5, 5.41) is 14.2. The van der Waals surface area contributed by atoms with Crippen LogP contribution in [0.25, 0.3) is 10.8 Å². The normalized spacial score (nSPS) is 10.9. The zero-order chi connectivity index (χ0) is 18.0. The molecule has 2 aromatic carbocycles. The molecule has 0 spiro atoms. The molecule has 127 valence electrons. The molecule has 0 aliphatic heterocycles. The van der Waals surface area contributed by atoms with Crippen molar-refractivity contribution in [3.63, 3.8) is 0 Å². The number of fused-ring (bicyclic) bond motifs is 1. The smallest absolute Gasteiger partial charge is 0.278 e. The lowest BCUT2D eigenvalue weighted by molar-refractivity contribution is 0.101. The van der Waals surface area contributed by atoms with Gasteiger partial charge >= 0.3 is 0 Å². The summed E-state index contributed by atoms with van der Waals surface area (Å²) in [6, 6.07) is 14.9. The first-order valence-corrected chi connectivity index (χ1v) is 8.10. The number of benzene rings is 2. The van der Waals surface area contributed by atoms with Crippen LogP contribution in [0, 0.1) is 6.07 Å². The van der Waals surface area contributed by atoms with Gasteiger partial charge in [-0.1, -0.05) is 29.8 Å². The molecule has 0 atom stereocenters. The molecule has 1 heterocycles. The first kappa shape index (κ1) is 17.0. The van der Waals surface area contributed by atoms with Gasteiger partial charge in [-0.05, 0) is 38.1 Å². The maximum Gasteiger partial charge on any atom is 0.278 e. The molecule has 3 aromatic rings. The number of anilines is 1. The molecule has 0 fully saturated rings. The van der Waals surface area contributed by atoms with Crippen LogP contribution in [-0.4, -0.2) is 22.1 Å². The van der Waals surface area contributed by atoms with Gasteiger partial charge in [-0.3, -0.25) is 4.79 Å². The lowest BCUT2D eigenvalue weighted by Crippen LogP contribution is -2.14. The Morgan fingerprint density at radius 3 is 2.76 bits per heavy atom. The Morgan fingerprint density at radius 2 is 2.08 bits per heavy atom. The van der Waals surface area contributed by atoms with Gasteiger partial charge in [0.1, 0.15) is 10.9 Å². The van der Waals surface area contributed by atoms with Crippen molar-refractivity contribution in [3.8, 4) is 11.5 Å². The van der Waals surface area contributed by atoms with Crippen molar-refractivity contribution in [2.75, 3.05) is 5.32 Å². The minimum absolute atomic E-state index is 0.0201.